The third-order valence-electron chi connectivity index (χ3n) is 24.5. The number of carbonyl (C=O) groups excluding carboxylic acids is 14. The van der Waals surface area contributed by atoms with Crippen molar-refractivity contribution in [1.82, 2.24) is 79.7 Å². The standard InChI is InChI=1S/C46H56FN11O10.C36H45FN10O7.C14H16N2O6.CH3F/c1-4-54-25-32(44(64)65)42(62)31-23-33(47)37(24-36(31)54)55-19-21-56(22-20-55)46(67)68-27-29-11-13-30(14-12-29)50-43(63)35(9-8-17-49-45(48)66)58-26-34(52-53-58)41(28(2)3)51-38(59)10-6-5-7-18-57-39(60)15-16-40(57)61;1-4-44-18-25(34(50)51)32(48)24-16-26(37)30(17-29(24)44)45-12-14-46(15-13-45)36(53)54-20-22-7-9-23(10-8-22)41-33(49)28(6-5-11-40-35(39)52)47-19-27(42-43-47)31(38)21(2)3;17-10-5-6-11(18)15(10)9-3-1-2-4-14(21)22-16-12(19)7-8-13(16)20;1-2/h11-16,23-26,28,35,41H,4-10,17-22,27H2,1-3H3,(H,50,63)(H,51,59)(H,64,65)(H3,48,49,66);7-10,16-19,21,28,31H,4-6,11-15,20,38H2,1-3H3,(H,41,49)(H,50,51)(H3,39,40,52);5-6H,1-4,7-9H2;1H3/t35-,41-;28-,31-;;/m00../s1/i;;;1D. The van der Waals surface area contributed by atoms with Gasteiger partial charge in [-0.1, -0.05) is 75.2 Å². The third-order valence-corrected chi connectivity index (χ3v) is 24.5. The number of rotatable bonds is 42. The minimum absolute atomic E-state index is 0.0145. The van der Waals surface area contributed by atoms with Crippen LogP contribution in [0, 0.1) is 23.5 Å². The number of halogens is 3. The fourth-order valence-electron chi connectivity index (χ4n) is 16.4. The number of fused-ring (bicyclic) bond motifs is 2. The van der Waals surface area contributed by atoms with Crippen molar-refractivity contribution in [2.75, 3.05) is 106 Å². The number of benzene rings is 4. The molecule has 4 aromatic carbocycles. The summed E-state index contributed by atoms with van der Waals surface area (Å²) < 4.78 is 63.4. The number of nitrogens with one attached hydrogen (secondary N) is 5. The number of amides is 15. The number of hydroxylamine groups is 2. The zero-order chi connectivity index (χ0) is 107. The Morgan fingerprint density at radius 2 is 0.897 bits per heavy atom. The Morgan fingerprint density at radius 3 is 1.27 bits per heavy atom. The number of aromatic carboxylic acids is 2. The van der Waals surface area contributed by atoms with Gasteiger partial charge >= 0.3 is 42.2 Å². The molecule has 0 aliphatic carbocycles. The summed E-state index contributed by atoms with van der Waals surface area (Å²) in [6, 6.07) is 14.9. The summed E-state index contributed by atoms with van der Waals surface area (Å²) in [7, 11) is -1.00. The average Bonchev–Trinajstić information content (AvgIpc) is 1.45. The summed E-state index contributed by atoms with van der Waals surface area (Å²) in [5.74, 6) is -8.03. The van der Waals surface area contributed by atoms with Gasteiger partial charge in [0.2, 0.25) is 28.6 Å². The minimum atomic E-state index is -1.39. The monoisotopic (exact) mass is 2030 g/mol. The lowest BCUT2D eigenvalue weighted by Crippen LogP contribution is -2.49. The molecular weight excluding hydrogens is 1910 g/mol. The second-order valence-electron chi connectivity index (χ2n) is 35.2. The minimum Gasteiger partial charge on any atom is -0.477 e. The maximum Gasteiger partial charge on any atom is 0.410 e. The van der Waals surface area contributed by atoms with Crippen LogP contribution >= 0.6 is 0 Å². The van der Waals surface area contributed by atoms with Crippen LogP contribution in [0.5, 0.6) is 0 Å². The largest absolute Gasteiger partial charge is 0.477 e. The number of ether oxygens (including phenoxy) is 2. The molecule has 0 spiro atoms. The van der Waals surface area contributed by atoms with Crippen LogP contribution in [-0.4, -0.2) is 255 Å². The Labute approximate surface area is 836 Å². The molecule has 9 heterocycles. The van der Waals surface area contributed by atoms with E-state index in [1.54, 1.807) is 99.8 Å². The Balaban J connectivity index is 0.000000248. The van der Waals surface area contributed by atoms with Crippen molar-refractivity contribution < 1.29 is 116 Å². The third kappa shape index (κ3) is 30.2. The molecule has 0 bridgehead atoms. The number of pyridine rings is 2. The van der Waals surface area contributed by atoms with E-state index in [1.165, 1.54) is 66.8 Å². The first-order chi connectivity index (χ1) is 70.2. The van der Waals surface area contributed by atoms with Gasteiger partial charge in [0.05, 0.1) is 61.1 Å². The predicted octanol–water partition coefficient (Wildman–Crippen LogP) is 7.69. The Hall–Kier alpha value is -16.3. The number of carboxylic acids is 2. The molecule has 3 saturated heterocycles. The number of piperazine rings is 2. The summed E-state index contributed by atoms with van der Waals surface area (Å²) in [6.45, 7) is 15.2. The summed E-state index contributed by atoms with van der Waals surface area (Å²) in [5.41, 5.74) is 18.8. The molecule has 0 unspecified atom stereocenters. The van der Waals surface area contributed by atoms with Gasteiger partial charge in [-0.2, -0.15) is 0 Å². The van der Waals surface area contributed by atoms with E-state index in [0.717, 1.165) is 17.0 Å². The second kappa shape index (κ2) is 53.2. The molecule has 8 aromatic rings. The van der Waals surface area contributed by atoms with Gasteiger partial charge in [0.25, 0.3) is 35.4 Å². The van der Waals surface area contributed by atoms with Crippen LogP contribution in [-0.2, 0) is 88.6 Å². The summed E-state index contributed by atoms with van der Waals surface area (Å²) >= 11 is 0. The van der Waals surface area contributed by atoms with Gasteiger partial charge in [-0.25, -0.2) is 51.7 Å². The highest BCUT2D eigenvalue weighted by atomic mass is 19.1. The van der Waals surface area contributed by atoms with Gasteiger partial charge in [0.1, 0.15) is 53.8 Å². The fourth-order valence-corrected chi connectivity index (χ4v) is 16.4. The first kappa shape index (κ1) is 110. The number of imide groups is 3. The first-order valence-electron chi connectivity index (χ1n) is 48.2. The van der Waals surface area contributed by atoms with E-state index in [4.69, 9.17) is 32.9 Å². The molecule has 4 atom stereocenters. The number of unbranched alkanes of at least 4 members (excludes halogenated alkanes) is 4. The van der Waals surface area contributed by atoms with Crippen LogP contribution in [0.4, 0.5) is 55.1 Å². The Kier molecular flexibility index (Phi) is 40.1. The lowest BCUT2D eigenvalue weighted by atomic mass is 10.0. The van der Waals surface area contributed by atoms with E-state index < -0.39 is 119 Å². The molecule has 3 fully saturated rings. The second-order valence-corrected chi connectivity index (χ2v) is 35.2. The summed E-state index contributed by atoms with van der Waals surface area (Å²) in [4.78, 5) is 231. The number of urea groups is 2. The number of alkyl halides is 1. The molecule has 146 heavy (non-hydrogen) atoms. The molecule has 46 nitrogen and oxygen atoms in total. The molecule has 13 N–H and O–H groups in total. The Morgan fingerprint density at radius 1 is 0.507 bits per heavy atom. The fraction of sp³-hybridized carbons (Fsp3) is 0.443. The van der Waals surface area contributed by atoms with Crippen molar-refractivity contribution in [2.45, 2.75) is 182 Å². The predicted molar refractivity (Wildman–Crippen MR) is 522 cm³/mol. The van der Waals surface area contributed by atoms with Crippen LogP contribution in [0.1, 0.15) is 200 Å². The normalized spacial score (nSPS) is 14.9. The van der Waals surface area contributed by atoms with E-state index in [2.05, 4.69) is 47.2 Å². The number of carboxylic acid groups (broad SMARTS) is 2. The van der Waals surface area contributed by atoms with Crippen LogP contribution in [0.2, 0.25) is 0 Å². The van der Waals surface area contributed by atoms with E-state index in [1.807, 2.05) is 27.7 Å². The van der Waals surface area contributed by atoms with Gasteiger partial charge in [0, 0.05) is 176 Å². The Bertz CT molecular complexity index is 6280. The number of nitrogens with zero attached hydrogens (tertiary/aromatic N) is 15. The number of aromatic nitrogens is 8. The number of aryl methyl sites for hydroxylation is 2. The van der Waals surface area contributed by atoms with Crippen molar-refractivity contribution in [1.29, 1.82) is 0 Å². The molecule has 4 aromatic heterocycles. The lowest BCUT2D eigenvalue weighted by Gasteiger charge is -2.35. The van der Waals surface area contributed by atoms with E-state index in [9.17, 15) is 101 Å². The van der Waals surface area contributed by atoms with Gasteiger partial charge in [0.15, 0.2) is 0 Å². The van der Waals surface area contributed by atoms with Crippen LogP contribution < -0.4 is 64.4 Å². The number of nitrogens with two attached hydrogens (primary N) is 3. The zero-order valence-corrected chi connectivity index (χ0v) is 81.5. The highest BCUT2D eigenvalue weighted by Crippen LogP contribution is 2.32. The molecule has 13 rings (SSSR count). The van der Waals surface area contributed by atoms with E-state index >= 15 is 8.78 Å². The number of primary amides is 2. The number of carbonyl (C=O) groups is 16. The SMILES string of the molecule is CCn1cc(C(=O)O)c(=O)c2cc(F)c(N3CCN(C(=O)OCc4ccc(NC(=O)[C@H](CCCNC(N)=O)n5cc([C@@H](N)C(C)C)nn5)cc4)CC3)cc21.CCn1cc(C(=O)O)c(=O)c2cc(F)c(N3CCN(C(=O)OCc4ccc(NC(=O)[C@H](CCCNC(N)=O)n5cc([C@@H](NC(=O)CCCCCN6C(=O)C=CC6=O)C(C)C)nn5)cc4)CC3)cc21.O=C(CCCCCN1C(=O)C=CC1=O)ON1C(=O)CCC1=O.[2H]CF. The molecule has 782 valence electrons. The maximum absolute atomic E-state index is 15.4. The summed E-state index contributed by atoms with van der Waals surface area (Å²) in [5, 5.41) is 50.1. The van der Waals surface area contributed by atoms with Crippen molar-refractivity contribution in [3.63, 3.8) is 0 Å². The smallest absolute Gasteiger partial charge is 0.410 e. The van der Waals surface area contributed by atoms with E-state index in [0.29, 0.717) is 140 Å². The van der Waals surface area contributed by atoms with Gasteiger partial charge in [-0.3, -0.25) is 66.9 Å². The molecule has 15 amide bonds. The maximum atomic E-state index is 15.4. The van der Waals surface area contributed by atoms with Crippen LogP contribution in [0.3, 0.4) is 0 Å². The molecule has 5 aliphatic heterocycles. The van der Waals surface area contributed by atoms with Crippen molar-refractivity contribution >= 4 is 140 Å². The quantitative estimate of drug-likeness (QED) is 0.0129. The number of anilines is 4. The van der Waals surface area contributed by atoms with E-state index in [-0.39, 0.29) is 180 Å². The number of hydrogen-bond donors (Lipinski definition) is 10. The highest BCUT2D eigenvalue weighted by molar-refractivity contribution is 6.13. The van der Waals surface area contributed by atoms with Gasteiger partial charge < -0.3 is 97.0 Å². The molecular formula is C97H120F3N23O23. The average molecular weight is 2030 g/mol. The first-order valence-corrected chi connectivity index (χ1v) is 47.5. The van der Waals surface area contributed by atoms with Crippen LogP contribution in [0.15, 0.2) is 131 Å². The zero-order valence-electron chi connectivity index (χ0n) is 82.5. The van der Waals surface area contributed by atoms with Crippen LogP contribution in [0.25, 0.3) is 21.8 Å². The van der Waals surface area contributed by atoms with Crippen molar-refractivity contribution in [3.05, 3.63) is 188 Å². The van der Waals surface area contributed by atoms with Gasteiger partial charge in [-0.05, 0) is 137 Å². The summed E-state index contributed by atoms with van der Waals surface area (Å²) in [6.07, 6.45) is 14.9. The van der Waals surface area contributed by atoms with Crippen molar-refractivity contribution in [3.8, 4) is 0 Å². The molecule has 5 aliphatic rings. The molecule has 49 heteroatoms. The lowest BCUT2D eigenvalue weighted by molar-refractivity contribution is -0.197. The number of hydrogen-bond acceptors (Lipinski definition) is 28. The molecule has 0 saturated carbocycles. The van der Waals surface area contributed by atoms with Gasteiger partial charge in [-0.15, -0.1) is 15.3 Å². The van der Waals surface area contributed by atoms with Crippen molar-refractivity contribution in [2.24, 2.45) is 29.0 Å². The highest BCUT2D eigenvalue weighted by Gasteiger charge is 2.36. The molecule has 0 radical (unpaired) electrons. The topological polar surface area (TPSA) is 608 Å².